The summed E-state index contributed by atoms with van der Waals surface area (Å²) < 4.78 is 5.33. The number of likely N-dealkylation sites (tertiary alicyclic amines) is 1. The molecular weight excluding hydrogens is 330 g/mol. The lowest BCUT2D eigenvalue weighted by Gasteiger charge is -2.31. The first-order valence-corrected chi connectivity index (χ1v) is 8.87. The van der Waals surface area contributed by atoms with Gasteiger partial charge in [0.1, 0.15) is 0 Å². The summed E-state index contributed by atoms with van der Waals surface area (Å²) >= 11 is 0. The van der Waals surface area contributed by atoms with Crippen molar-refractivity contribution in [2.75, 3.05) is 13.1 Å². The van der Waals surface area contributed by atoms with Crippen molar-refractivity contribution in [3.8, 4) is 5.75 Å². The second-order valence-electron chi connectivity index (χ2n) is 6.60. The van der Waals surface area contributed by atoms with Crippen LogP contribution in [0.25, 0.3) is 0 Å². The molecule has 2 amide bonds. The number of piperidine rings is 1. The fraction of sp³-hybridized carbons (Fsp3) is 0.350. The van der Waals surface area contributed by atoms with Crippen molar-refractivity contribution in [1.82, 2.24) is 9.88 Å². The predicted molar refractivity (Wildman–Crippen MR) is 97.8 cm³/mol. The number of pyridine rings is 1. The molecule has 3 rings (SSSR count). The van der Waals surface area contributed by atoms with Crippen LogP contribution in [0.2, 0.25) is 0 Å². The topological polar surface area (TPSA) is 85.5 Å². The van der Waals surface area contributed by atoms with Crippen LogP contribution in [0.15, 0.2) is 48.8 Å². The van der Waals surface area contributed by atoms with E-state index < -0.39 is 12.0 Å². The van der Waals surface area contributed by atoms with Crippen molar-refractivity contribution < 1.29 is 14.3 Å². The maximum absolute atomic E-state index is 12.3. The number of hydrogen-bond acceptors (Lipinski definition) is 4. The van der Waals surface area contributed by atoms with Crippen molar-refractivity contribution in [3.05, 3.63) is 59.9 Å². The van der Waals surface area contributed by atoms with Crippen molar-refractivity contribution >= 4 is 12.0 Å². The van der Waals surface area contributed by atoms with Crippen LogP contribution in [-0.4, -0.2) is 35.0 Å². The highest BCUT2D eigenvalue weighted by atomic mass is 16.6. The van der Waals surface area contributed by atoms with Gasteiger partial charge in [-0.3, -0.25) is 9.78 Å². The third-order valence-corrected chi connectivity index (χ3v) is 4.76. The van der Waals surface area contributed by atoms with E-state index in [2.05, 4.69) is 29.2 Å². The monoisotopic (exact) mass is 353 g/mol. The molecule has 0 spiro atoms. The molecule has 1 aromatic carbocycles. The molecule has 2 N–H and O–H groups in total. The Morgan fingerprint density at radius 1 is 1.15 bits per heavy atom. The first kappa shape index (κ1) is 17.9. The van der Waals surface area contributed by atoms with Crippen LogP contribution in [0.3, 0.4) is 0 Å². The summed E-state index contributed by atoms with van der Waals surface area (Å²) in [6.07, 6.45) is 6.49. The maximum Gasteiger partial charge on any atom is 0.415 e. The van der Waals surface area contributed by atoms with Gasteiger partial charge in [0, 0.05) is 19.3 Å². The molecule has 0 aliphatic carbocycles. The van der Waals surface area contributed by atoms with Gasteiger partial charge in [0.15, 0.2) is 5.75 Å². The van der Waals surface area contributed by atoms with Gasteiger partial charge in [0.05, 0.1) is 11.8 Å². The molecule has 2 heterocycles. The average molecular weight is 353 g/mol. The third kappa shape index (κ3) is 4.81. The van der Waals surface area contributed by atoms with Gasteiger partial charge in [0.2, 0.25) is 5.91 Å². The van der Waals surface area contributed by atoms with Crippen LogP contribution >= 0.6 is 0 Å². The minimum atomic E-state index is -0.602. The lowest BCUT2D eigenvalue weighted by atomic mass is 9.91. The highest BCUT2D eigenvalue weighted by Crippen LogP contribution is 2.23. The van der Waals surface area contributed by atoms with Gasteiger partial charge in [-0.1, -0.05) is 30.3 Å². The first-order chi connectivity index (χ1) is 12.6. The number of rotatable bonds is 5. The summed E-state index contributed by atoms with van der Waals surface area (Å²) in [5.74, 6) is 0.256. The number of carbonyl (C=O) groups excluding carboxylic acids is 2. The highest BCUT2D eigenvalue weighted by molar-refractivity contribution is 5.92. The molecular formula is C20H23N3O3. The van der Waals surface area contributed by atoms with Crippen LogP contribution in [0.4, 0.5) is 4.79 Å². The molecule has 6 nitrogen and oxygen atoms in total. The van der Waals surface area contributed by atoms with Crippen molar-refractivity contribution in [2.45, 2.75) is 25.7 Å². The number of nitrogens with zero attached hydrogens (tertiary/aromatic N) is 2. The van der Waals surface area contributed by atoms with E-state index in [0.29, 0.717) is 19.0 Å². The lowest BCUT2D eigenvalue weighted by Crippen LogP contribution is -2.40. The molecule has 1 aromatic heterocycles. The Hall–Kier alpha value is -2.89. The van der Waals surface area contributed by atoms with Gasteiger partial charge < -0.3 is 15.4 Å². The number of aryl methyl sites for hydroxylation is 1. The minimum Gasteiger partial charge on any atom is -0.409 e. The van der Waals surface area contributed by atoms with E-state index in [0.717, 1.165) is 25.7 Å². The summed E-state index contributed by atoms with van der Waals surface area (Å²) in [7, 11) is 0. The zero-order chi connectivity index (χ0) is 18.4. The fourth-order valence-corrected chi connectivity index (χ4v) is 3.19. The number of primary amides is 1. The smallest absolute Gasteiger partial charge is 0.409 e. The van der Waals surface area contributed by atoms with E-state index in [1.807, 2.05) is 6.07 Å². The average Bonchev–Trinajstić information content (AvgIpc) is 2.68. The summed E-state index contributed by atoms with van der Waals surface area (Å²) in [6, 6.07) is 11.9. The second kappa shape index (κ2) is 8.47. The molecule has 1 saturated heterocycles. The largest absolute Gasteiger partial charge is 0.415 e. The van der Waals surface area contributed by atoms with Gasteiger partial charge in [0.25, 0.3) is 0 Å². The number of carbonyl (C=O) groups is 2. The van der Waals surface area contributed by atoms with Crippen LogP contribution < -0.4 is 10.5 Å². The molecule has 0 bridgehead atoms. The molecule has 0 radical (unpaired) electrons. The highest BCUT2D eigenvalue weighted by Gasteiger charge is 2.24. The second-order valence-corrected chi connectivity index (χ2v) is 6.60. The fourth-order valence-electron chi connectivity index (χ4n) is 3.19. The Bertz CT molecular complexity index is 756. The molecule has 6 heteroatoms. The Balaban J connectivity index is 1.46. The molecule has 0 saturated carbocycles. The number of benzene rings is 1. The predicted octanol–water partition coefficient (Wildman–Crippen LogP) is 3.02. The van der Waals surface area contributed by atoms with E-state index in [1.54, 1.807) is 4.90 Å². The van der Waals surface area contributed by atoms with Gasteiger partial charge in [-0.05, 0) is 43.2 Å². The Morgan fingerprint density at radius 3 is 2.58 bits per heavy atom. The van der Waals surface area contributed by atoms with E-state index >= 15 is 0 Å². The molecule has 1 aliphatic heterocycles. The number of ether oxygens (including phenoxy) is 1. The Kier molecular flexibility index (Phi) is 5.84. The molecule has 1 fully saturated rings. The van der Waals surface area contributed by atoms with Crippen molar-refractivity contribution in [2.24, 2.45) is 11.7 Å². The normalized spacial score (nSPS) is 14.8. The zero-order valence-electron chi connectivity index (χ0n) is 14.6. The molecule has 26 heavy (non-hydrogen) atoms. The van der Waals surface area contributed by atoms with Gasteiger partial charge >= 0.3 is 6.09 Å². The molecule has 0 atom stereocenters. The van der Waals surface area contributed by atoms with Crippen LogP contribution in [0, 0.1) is 5.92 Å². The zero-order valence-corrected chi connectivity index (χ0v) is 14.6. The molecule has 2 aromatic rings. The Morgan fingerprint density at radius 2 is 1.88 bits per heavy atom. The van der Waals surface area contributed by atoms with Crippen molar-refractivity contribution in [1.29, 1.82) is 0 Å². The summed E-state index contributed by atoms with van der Waals surface area (Å²) in [5, 5.41) is 0. The molecule has 1 aliphatic rings. The number of aromatic nitrogens is 1. The van der Waals surface area contributed by atoms with E-state index in [1.165, 1.54) is 24.0 Å². The summed E-state index contributed by atoms with van der Waals surface area (Å²) in [5.41, 5.74) is 6.79. The third-order valence-electron chi connectivity index (χ3n) is 4.76. The summed E-state index contributed by atoms with van der Waals surface area (Å²) in [6.45, 7) is 1.36. The van der Waals surface area contributed by atoms with E-state index in [9.17, 15) is 9.59 Å². The Labute approximate surface area is 153 Å². The first-order valence-electron chi connectivity index (χ1n) is 8.87. The van der Waals surface area contributed by atoms with E-state index in [-0.39, 0.29) is 11.3 Å². The number of hydrogen-bond donors (Lipinski definition) is 1. The molecule has 0 unspecified atom stereocenters. The van der Waals surface area contributed by atoms with E-state index in [4.69, 9.17) is 10.5 Å². The lowest BCUT2D eigenvalue weighted by molar-refractivity contribution is 0.0998. The standard InChI is InChI=1S/C20H23N3O3/c21-19(24)17-12-18(14-22-13-17)26-20(25)23-10-8-16(9-11-23)7-6-15-4-2-1-3-5-15/h1-5,12-14,16H,6-11H2,(H2,21,24). The van der Waals surface area contributed by atoms with Crippen molar-refractivity contribution in [3.63, 3.8) is 0 Å². The van der Waals surface area contributed by atoms with Gasteiger partial charge in [-0.25, -0.2) is 4.79 Å². The van der Waals surface area contributed by atoms with Crippen LogP contribution in [0.5, 0.6) is 5.75 Å². The quantitative estimate of drug-likeness (QED) is 0.895. The van der Waals surface area contributed by atoms with Crippen LogP contribution in [-0.2, 0) is 6.42 Å². The number of amides is 2. The summed E-state index contributed by atoms with van der Waals surface area (Å²) in [4.78, 5) is 29.0. The van der Waals surface area contributed by atoms with Gasteiger partial charge in [-0.2, -0.15) is 0 Å². The minimum absolute atomic E-state index is 0.218. The number of nitrogens with two attached hydrogens (primary N) is 1. The molecule has 136 valence electrons. The van der Waals surface area contributed by atoms with Crippen LogP contribution in [0.1, 0.15) is 35.2 Å². The maximum atomic E-state index is 12.3. The SMILES string of the molecule is NC(=O)c1cncc(OC(=O)N2CCC(CCc3ccccc3)CC2)c1. The van der Waals surface area contributed by atoms with Gasteiger partial charge in [-0.15, -0.1) is 0 Å².